The quantitative estimate of drug-likeness (QED) is 0.770. The van der Waals surface area contributed by atoms with Gasteiger partial charge in [-0.3, -0.25) is 4.79 Å². The summed E-state index contributed by atoms with van der Waals surface area (Å²) >= 11 is 0. The van der Waals surface area contributed by atoms with Gasteiger partial charge in [0.05, 0.1) is 12.6 Å². The second-order valence-electron chi connectivity index (χ2n) is 8.59. The van der Waals surface area contributed by atoms with Crippen molar-refractivity contribution in [2.75, 3.05) is 13.2 Å². The summed E-state index contributed by atoms with van der Waals surface area (Å²) in [6, 6.07) is 16.5. The molecule has 1 amide bonds. The van der Waals surface area contributed by atoms with Crippen LogP contribution in [0.2, 0.25) is 0 Å². The van der Waals surface area contributed by atoms with Gasteiger partial charge in [0.2, 0.25) is 10.0 Å². The lowest BCUT2D eigenvalue weighted by atomic mass is 10.0. The average Bonchev–Trinajstić information content (AvgIpc) is 3.26. The molecular weight excluding hydrogens is 412 g/mol. The number of amides is 1. The summed E-state index contributed by atoms with van der Waals surface area (Å²) in [6.45, 7) is 2.90. The molecule has 0 aliphatic carbocycles. The lowest BCUT2D eigenvalue weighted by Gasteiger charge is -2.37. The predicted molar refractivity (Wildman–Crippen MR) is 120 cm³/mol. The van der Waals surface area contributed by atoms with Crippen molar-refractivity contribution < 1.29 is 18.3 Å². The van der Waals surface area contributed by atoms with Crippen molar-refractivity contribution in [1.29, 1.82) is 0 Å². The van der Waals surface area contributed by atoms with E-state index in [1.165, 1.54) is 0 Å². The van der Waals surface area contributed by atoms with Crippen LogP contribution in [0.5, 0.6) is 0 Å². The fourth-order valence-electron chi connectivity index (χ4n) is 4.74. The molecule has 0 radical (unpaired) electrons. The minimum Gasteiger partial charge on any atom is -0.394 e. The Labute approximate surface area is 184 Å². The molecule has 7 heteroatoms. The first-order valence-corrected chi connectivity index (χ1v) is 12.5. The summed E-state index contributed by atoms with van der Waals surface area (Å²) < 4.78 is 28.4. The Morgan fingerprint density at radius 1 is 1.03 bits per heavy atom. The molecule has 2 aromatic carbocycles. The van der Waals surface area contributed by atoms with Crippen molar-refractivity contribution in [2.24, 2.45) is 0 Å². The summed E-state index contributed by atoms with van der Waals surface area (Å²) in [6.07, 6.45) is 3.17. The fraction of sp³-hybridized carbons (Fsp3) is 0.458. The molecule has 2 unspecified atom stereocenters. The number of likely N-dealkylation sites (tertiary alicyclic amines) is 1. The van der Waals surface area contributed by atoms with Gasteiger partial charge in [0.1, 0.15) is 5.25 Å². The van der Waals surface area contributed by atoms with E-state index in [0.717, 1.165) is 30.4 Å². The van der Waals surface area contributed by atoms with Gasteiger partial charge in [0.15, 0.2) is 0 Å². The highest BCUT2D eigenvalue weighted by atomic mass is 32.2. The van der Waals surface area contributed by atoms with E-state index in [-0.39, 0.29) is 24.6 Å². The molecular formula is C24H30N2O4S. The molecule has 1 N–H and O–H groups in total. The topological polar surface area (TPSA) is 77.9 Å². The number of sulfonamides is 1. The van der Waals surface area contributed by atoms with Crippen molar-refractivity contribution in [1.82, 2.24) is 9.21 Å². The van der Waals surface area contributed by atoms with Gasteiger partial charge in [-0.1, -0.05) is 42.5 Å². The minimum absolute atomic E-state index is 0.0168. The van der Waals surface area contributed by atoms with Crippen LogP contribution in [-0.4, -0.2) is 53.9 Å². The van der Waals surface area contributed by atoms with Crippen molar-refractivity contribution in [2.45, 2.75) is 56.5 Å². The van der Waals surface area contributed by atoms with Gasteiger partial charge in [-0.15, -0.1) is 0 Å². The van der Waals surface area contributed by atoms with Crippen LogP contribution in [0.15, 0.2) is 54.6 Å². The summed E-state index contributed by atoms with van der Waals surface area (Å²) in [7, 11) is -3.48. The first-order valence-electron chi connectivity index (χ1n) is 11.0. The van der Waals surface area contributed by atoms with E-state index < -0.39 is 15.3 Å². The average molecular weight is 443 g/mol. The third kappa shape index (κ3) is 4.40. The van der Waals surface area contributed by atoms with E-state index >= 15 is 0 Å². The normalized spacial score (nSPS) is 26.1. The molecule has 2 aromatic rings. The SMILES string of the molecule is C[C@H]1CCC(c2ccccc2)S(=O)(=O)N1Cc1ccc(C(=O)N2CCCC2CO)cc1. The Morgan fingerprint density at radius 3 is 2.42 bits per heavy atom. The van der Waals surface area contributed by atoms with Crippen LogP contribution < -0.4 is 0 Å². The molecule has 0 spiro atoms. The van der Waals surface area contributed by atoms with Gasteiger partial charge in [0, 0.05) is 24.7 Å². The molecule has 2 fully saturated rings. The number of nitrogens with zero attached hydrogens (tertiary/aromatic N) is 2. The first-order chi connectivity index (χ1) is 14.9. The Hall–Kier alpha value is -2.22. The van der Waals surface area contributed by atoms with E-state index in [1.807, 2.05) is 49.4 Å². The number of hydrogen-bond donors (Lipinski definition) is 1. The molecule has 6 nitrogen and oxygen atoms in total. The number of aliphatic hydroxyl groups is 1. The summed E-state index contributed by atoms with van der Waals surface area (Å²) in [4.78, 5) is 14.5. The van der Waals surface area contributed by atoms with E-state index in [4.69, 9.17) is 0 Å². The molecule has 4 rings (SSSR count). The molecule has 2 saturated heterocycles. The molecule has 3 atom stereocenters. The lowest BCUT2D eigenvalue weighted by Crippen LogP contribution is -2.44. The smallest absolute Gasteiger partial charge is 0.254 e. The highest BCUT2D eigenvalue weighted by Gasteiger charge is 2.40. The summed E-state index contributed by atoms with van der Waals surface area (Å²) in [5.41, 5.74) is 2.27. The lowest BCUT2D eigenvalue weighted by molar-refractivity contribution is 0.0677. The standard InChI is InChI=1S/C24H30N2O4S/c1-18-9-14-23(20-6-3-2-4-7-20)31(29,30)26(18)16-19-10-12-21(13-11-19)24(28)25-15-5-8-22(25)17-27/h2-4,6-7,10-13,18,22-23,27H,5,8-9,14-17H2,1H3/t18-,22?,23?/m0/s1. The monoisotopic (exact) mass is 442 g/mol. The Bertz CT molecular complexity index is 1010. The van der Waals surface area contributed by atoms with E-state index in [9.17, 15) is 18.3 Å². The van der Waals surface area contributed by atoms with Gasteiger partial charge in [0.25, 0.3) is 5.91 Å². The van der Waals surface area contributed by atoms with Crippen LogP contribution >= 0.6 is 0 Å². The minimum atomic E-state index is -3.48. The number of carbonyl (C=O) groups is 1. The Balaban J connectivity index is 1.51. The van der Waals surface area contributed by atoms with Crippen LogP contribution in [0.25, 0.3) is 0 Å². The maximum Gasteiger partial charge on any atom is 0.254 e. The maximum absolute atomic E-state index is 13.4. The number of rotatable bonds is 5. The van der Waals surface area contributed by atoms with Crippen LogP contribution in [0.3, 0.4) is 0 Å². The van der Waals surface area contributed by atoms with Gasteiger partial charge in [-0.2, -0.15) is 4.31 Å². The molecule has 0 aromatic heterocycles. The predicted octanol–water partition coefficient (Wildman–Crippen LogP) is 3.34. The van der Waals surface area contributed by atoms with Gasteiger partial charge in [-0.05, 0) is 55.9 Å². The van der Waals surface area contributed by atoms with Crippen molar-refractivity contribution >= 4 is 15.9 Å². The molecule has 0 bridgehead atoms. The zero-order valence-electron chi connectivity index (χ0n) is 17.9. The van der Waals surface area contributed by atoms with Crippen molar-refractivity contribution in [3.05, 3.63) is 71.3 Å². The van der Waals surface area contributed by atoms with Crippen LogP contribution in [0.4, 0.5) is 0 Å². The molecule has 166 valence electrons. The number of hydrogen-bond acceptors (Lipinski definition) is 4. The van der Waals surface area contributed by atoms with E-state index in [1.54, 1.807) is 21.3 Å². The highest BCUT2D eigenvalue weighted by Crippen LogP contribution is 2.38. The van der Waals surface area contributed by atoms with Crippen molar-refractivity contribution in [3.8, 4) is 0 Å². The van der Waals surface area contributed by atoms with Gasteiger partial charge >= 0.3 is 0 Å². The maximum atomic E-state index is 13.4. The van der Waals surface area contributed by atoms with Gasteiger partial charge < -0.3 is 10.0 Å². The number of benzene rings is 2. The third-order valence-corrected chi connectivity index (χ3v) is 8.95. The molecule has 0 saturated carbocycles. The molecule has 2 aliphatic rings. The molecule has 31 heavy (non-hydrogen) atoms. The van der Waals surface area contributed by atoms with E-state index in [0.29, 0.717) is 25.1 Å². The zero-order chi connectivity index (χ0) is 22.0. The summed E-state index contributed by atoms with van der Waals surface area (Å²) in [5.74, 6) is -0.0776. The Kier molecular flexibility index (Phi) is 6.46. The van der Waals surface area contributed by atoms with Gasteiger partial charge in [-0.25, -0.2) is 8.42 Å². The van der Waals surface area contributed by atoms with E-state index in [2.05, 4.69) is 0 Å². The van der Waals surface area contributed by atoms with Crippen LogP contribution in [0.1, 0.15) is 59.3 Å². The second-order valence-corrected chi connectivity index (χ2v) is 10.7. The fourth-order valence-corrected chi connectivity index (χ4v) is 6.94. The second kappa shape index (κ2) is 9.10. The molecule has 2 aliphatic heterocycles. The Morgan fingerprint density at radius 2 is 1.74 bits per heavy atom. The number of carbonyl (C=O) groups excluding carboxylic acids is 1. The number of aliphatic hydroxyl groups excluding tert-OH is 1. The third-order valence-electron chi connectivity index (χ3n) is 6.58. The van der Waals surface area contributed by atoms with Crippen LogP contribution in [-0.2, 0) is 16.6 Å². The zero-order valence-corrected chi connectivity index (χ0v) is 18.7. The molecule has 2 heterocycles. The van der Waals surface area contributed by atoms with Crippen LogP contribution in [0, 0.1) is 0 Å². The first kappa shape index (κ1) is 22.0. The van der Waals surface area contributed by atoms with Crippen molar-refractivity contribution in [3.63, 3.8) is 0 Å². The highest BCUT2D eigenvalue weighted by molar-refractivity contribution is 7.89. The largest absolute Gasteiger partial charge is 0.394 e. The summed E-state index contributed by atoms with van der Waals surface area (Å²) in [5, 5.41) is 8.96.